The second-order valence-electron chi connectivity index (χ2n) is 4.72. The Kier molecular flexibility index (Phi) is 4.14. The molecule has 0 unspecified atom stereocenters. The summed E-state index contributed by atoms with van der Waals surface area (Å²) >= 11 is 0. The van der Waals surface area contributed by atoms with Gasteiger partial charge >= 0.3 is 0 Å². The van der Waals surface area contributed by atoms with Crippen molar-refractivity contribution in [3.8, 4) is 0 Å². The first-order valence-corrected chi connectivity index (χ1v) is 6.39. The second-order valence-corrected chi connectivity index (χ2v) is 4.72. The topological polar surface area (TPSA) is 49.4 Å². The molecule has 1 aliphatic rings. The number of amides is 2. The molecular formula is C14H17FN2O2. The Morgan fingerprint density at radius 1 is 1.37 bits per heavy atom. The Labute approximate surface area is 111 Å². The fraction of sp³-hybridized carbons (Fsp3) is 0.429. The van der Waals surface area contributed by atoms with E-state index in [4.69, 9.17) is 0 Å². The summed E-state index contributed by atoms with van der Waals surface area (Å²) in [5, 5.41) is 2.51. The first kappa shape index (κ1) is 13.5. The van der Waals surface area contributed by atoms with Gasteiger partial charge in [-0.05, 0) is 25.0 Å². The molecule has 1 N–H and O–H groups in total. The lowest BCUT2D eigenvalue weighted by atomic mass is 10.3. The molecule has 19 heavy (non-hydrogen) atoms. The number of hydrogen-bond acceptors (Lipinski definition) is 2. The molecule has 0 atom stereocenters. The summed E-state index contributed by atoms with van der Waals surface area (Å²) in [5.74, 6) is -0.750. The van der Waals surface area contributed by atoms with Crippen molar-refractivity contribution in [1.82, 2.24) is 4.90 Å². The van der Waals surface area contributed by atoms with Crippen LogP contribution >= 0.6 is 0 Å². The molecule has 1 fully saturated rings. The maximum absolute atomic E-state index is 13.3. The number of carbonyl (C=O) groups excluding carboxylic acids is 2. The van der Waals surface area contributed by atoms with Gasteiger partial charge in [0.15, 0.2) is 0 Å². The van der Waals surface area contributed by atoms with Crippen LogP contribution in [0.15, 0.2) is 24.3 Å². The van der Waals surface area contributed by atoms with Crippen LogP contribution in [0.3, 0.4) is 0 Å². The van der Waals surface area contributed by atoms with Gasteiger partial charge in [0.2, 0.25) is 11.8 Å². The summed E-state index contributed by atoms with van der Waals surface area (Å²) < 4.78 is 13.3. The molecule has 0 radical (unpaired) electrons. The highest BCUT2D eigenvalue weighted by Crippen LogP contribution is 2.26. The summed E-state index contributed by atoms with van der Waals surface area (Å²) in [4.78, 5) is 24.8. The molecule has 1 aromatic rings. The summed E-state index contributed by atoms with van der Waals surface area (Å²) in [7, 11) is 0. The Bertz CT molecular complexity index is 486. The van der Waals surface area contributed by atoms with Crippen molar-refractivity contribution >= 4 is 17.5 Å². The highest BCUT2D eigenvalue weighted by atomic mass is 19.1. The maximum Gasteiger partial charge on any atom is 0.226 e. The van der Waals surface area contributed by atoms with Crippen LogP contribution in [0.2, 0.25) is 0 Å². The number of nitrogens with one attached hydrogen (secondary N) is 1. The number of para-hydroxylation sites is 1. The Balaban J connectivity index is 1.84. The van der Waals surface area contributed by atoms with Gasteiger partial charge in [-0.25, -0.2) is 4.39 Å². The van der Waals surface area contributed by atoms with Crippen LogP contribution < -0.4 is 5.32 Å². The Hall–Kier alpha value is -1.91. The van der Waals surface area contributed by atoms with E-state index in [1.165, 1.54) is 19.1 Å². The first-order chi connectivity index (χ1) is 9.08. The highest BCUT2D eigenvalue weighted by Gasteiger charge is 2.30. The van der Waals surface area contributed by atoms with Gasteiger partial charge in [0.25, 0.3) is 0 Å². The molecule has 0 saturated heterocycles. The van der Waals surface area contributed by atoms with Gasteiger partial charge in [-0.1, -0.05) is 12.1 Å². The van der Waals surface area contributed by atoms with Crippen LogP contribution in [0, 0.1) is 5.82 Å². The van der Waals surface area contributed by atoms with Crippen LogP contribution in [0.1, 0.15) is 26.2 Å². The summed E-state index contributed by atoms with van der Waals surface area (Å²) in [5.41, 5.74) is 0.174. The lowest BCUT2D eigenvalue weighted by molar-refractivity contribution is -0.129. The number of carbonyl (C=O) groups is 2. The van der Waals surface area contributed by atoms with Crippen molar-refractivity contribution < 1.29 is 14.0 Å². The summed E-state index contributed by atoms with van der Waals surface area (Å²) in [6.07, 6.45) is 2.20. The molecule has 1 aliphatic carbocycles. The minimum atomic E-state index is -0.457. The third kappa shape index (κ3) is 3.77. The summed E-state index contributed by atoms with van der Waals surface area (Å²) in [6.45, 7) is 1.90. The SMILES string of the molecule is CC(=O)N(CCC(=O)Nc1ccccc1F)C1CC1. The van der Waals surface area contributed by atoms with E-state index in [0.29, 0.717) is 12.6 Å². The third-order valence-electron chi connectivity index (χ3n) is 3.12. The predicted octanol–water partition coefficient (Wildman–Crippen LogP) is 2.17. The van der Waals surface area contributed by atoms with Crippen LogP contribution in [0.4, 0.5) is 10.1 Å². The molecule has 102 valence electrons. The first-order valence-electron chi connectivity index (χ1n) is 6.39. The molecule has 4 nitrogen and oxygen atoms in total. The minimum absolute atomic E-state index is 0.0128. The van der Waals surface area contributed by atoms with Gasteiger partial charge in [0.1, 0.15) is 5.82 Å². The third-order valence-corrected chi connectivity index (χ3v) is 3.12. The van der Waals surface area contributed by atoms with E-state index in [1.807, 2.05) is 0 Å². The van der Waals surface area contributed by atoms with Crippen LogP contribution in [-0.2, 0) is 9.59 Å². The van der Waals surface area contributed by atoms with E-state index < -0.39 is 5.82 Å². The van der Waals surface area contributed by atoms with E-state index in [-0.39, 0.29) is 23.9 Å². The zero-order valence-corrected chi connectivity index (χ0v) is 10.9. The molecule has 0 aromatic heterocycles. The number of anilines is 1. The van der Waals surface area contributed by atoms with Crippen LogP contribution in [0.25, 0.3) is 0 Å². The van der Waals surface area contributed by atoms with Gasteiger partial charge in [0, 0.05) is 25.9 Å². The number of hydrogen-bond donors (Lipinski definition) is 1. The minimum Gasteiger partial charge on any atom is -0.339 e. The fourth-order valence-corrected chi connectivity index (χ4v) is 1.98. The summed E-state index contributed by atoms with van der Waals surface area (Å²) in [6, 6.07) is 6.32. The molecule has 1 saturated carbocycles. The lowest BCUT2D eigenvalue weighted by Gasteiger charge is -2.20. The number of rotatable bonds is 5. The van der Waals surface area contributed by atoms with Gasteiger partial charge in [-0.2, -0.15) is 0 Å². The average Bonchev–Trinajstić information content (AvgIpc) is 3.16. The number of halogens is 1. The van der Waals surface area contributed by atoms with Crippen molar-refractivity contribution in [1.29, 1.82) is 0 Å². The van der Waals surface area contributed by atoms with Gasteiger partial charge < -0.3 is 10.2 Å². The molecule has 2 amide bonds. The largest absolute Gasteiger partial charge is 0.339 e. The van der Waals surface area contributed by atoms with Crippen molar-refractivity contribution in [3.05, 3.63) is 30.1 Å². The maximum atomic E-state index is 13.3. The van der Waals surface area contributed by atoms with Crippen molar-refractivity contribution in [2.24, 2.45) is 0 Å². The van der Waals surface area contributed by atoms with E-state index >= 15 is 0 Å². The molecule has 0 spiro atoms. The highest BCUT2D eigenvalue weighted by molar-refractivity contribution is 5.91. The molecule has 1 aromatic carbocycles. The molecule has 2 rings (SSSR count). The predicted molar refractivity (Wildman–Crippen MR) is 70.1 cm³/mol. The standard InChI is InChI=1S/C14H17FN2O2/c1-10(18)17(11-6-7-11)9-8-14(19)16-13-5-3-2-4-12(13)15/h2-5,11H,6-9H2,1H3,(H,16,19). The van der Waals surface area contributed by atoms with Gasteiger partial charge in [-0.15, -0.1) is 0 Å². The van der Waals surface area contributed by atoms with Gasteiger partial charge in [-0.3, -0.25) is 9.59 Å². The van der Waals surface area contributed by atoms with E-state index in [2.05, 4.69) is 5.32 Å². The van der Waals surface area contributed by atoms with Crippen molar-refractivity contribution in [2.45, 2.75) is 32.2 Å². The van der Waals surface area contributed by atoms with Crippen molar-refractivity contribution in [2.75, 3.05) is 11.9 Å². The second kappa shape index (κ2) is 5.82. The Morgan fingerprint density at radius 2 is 2.05 bits per heavy atom. The fourth-order valence-electron chi connectivity index (χ4n) is 1.98. The average molecular weight is 264 g/mol. The lowest BCUT2D eigenvalue weighted by Crippen LogP contribution is -2.33. The van der Waals surface area contributed by atoms with E-state index in [9.17, 15) is 14.0 Å². The van der Waals surface area contributed by atoms with Gasteiger partial charge in [0.05, 0.1) is 5.69 Å². The van der Waals surface area contributed by atoms with Crippen LogP contribution in [-0.4, -0.2) is 29.3 Å². The van der Waals surface area contributed by atoms with E-state index in [1.54, 1.807) is 17.0 Å². The molecule has 0 heterocycles. The molecule has 0 bridgehead atoms. The zero-order chi connectivity index (χ0) is 13.8. The van der Waals surface area contributed by atoms with E-state index in [0.717, 1.165) is 12.8 Å². The Morgan fingerprint density at radius 3 is 2.63 bits per heavy atom. The monoisotopic (exact) mass is 264 g/mol. The van der Waals surface area contributed by atoms with Crippen LogP contribution in [0.5, 0.6) is 0 Å². The number of benzene rings is 1. The molecule has 5 heteroatoms. The number of nitrogens with zero attached hydrogens (tertiary/aromatic N) is 1. The molecule has 0 aliphatic heterocycles. The quantitative estimate of drug-likeness (QED) is 0.886. The zero-order valence-electron chi connectivity index (χ0n) is 10.9. The molecular weight excluding hydrogens is 247 g/mol. The normalized spacial score (nSPS) is 14.0. The smallest absolute Gasteiger partial charge is 0.226 e. The van der Waals surface area contributed by atoms with Crippen molar-refractivity contribution in [3.63, 3.8) is 0 Å².